The lowest BCUT2D eigenvalue weighted by molar-refractivity contribution is -0.157. The van der Waals surface area contributed by atoms with Crippen LogP contribution in [-0.2, 0) is 9.53 Å². The van der Waals surface area contributed by atoms with Crippen LogP contribution < -0.4 is 5.73 Å². The molecule has 3 heteroatoms. The average Bonchev–Trinajstić information content (AvgIpc) is 2.29. The van der Waals surface area contributed by atoms with E-state index >= 15 is 0 Å². The van der Waals surface area contributed by atoms with Crippen molar-refractivity contribution in [1.82, 2.24) is 0 Å². The summed E-state index contributed by atoms with van der Waals surface area (Å²) in [5, 5.41) is 0. The molecule has 0 rings (SSSR count). The fraction of sp³-hybridized carbons (Fsp3) is 0.929. The lowest BCUT2D eigenvalue weighted by atomic mass is 9.74. The van der Waals surface area contributed by atoms with Gasteiger partial charge in [-0.1, -0.05) is 39.5 Å². The molecule has 0 saturated carbocycles. The van der Waals surface area contributed by atoms with Crippen LogP contribution in [0.1, 0.15) is 66.2 Å². The Morgan fingerprint density at radius 3 is 2.29 bits per heavy atom. The van der Waals surface area contributed by atoms with Crippen molar-refractivity contribution in [3.05, 3.63) is 0 Å². The van der Waals surface area contributed by atoms with Gasteiger partial charge >= 0.3 is 5.97 Å². The maximum absolute atomic E-state index is 12.1. The Bertz CT molecular complexity index is 216. The van der Waals surface area contributed by atoms with Crippen molar-refractivity contribution in [3.8, 4) is 0 Å². The summed E-state index contributed by atoms with van der Waals surface area (Å²) < 4.78 is 5.20. The fourth-order valence-electron chi connectivity index (χ4n) is 2.30. The molecule has 0 bridgehead atoms. The second-order valence-corrected chi connectivity index (χ2v) is 4.83. The number of ether oxygens (including phenoxy) is 1. The van der Waals surface area contributed by atoms with Crippen LogP contribution in [-0.4, -0.2) is 18.6 Å². The number of unbranched alkanes of at least 4 members (excludes halogenated alkanes) is 3. The Labute approximate surface area is 106 Å². The molecule has 2 N–H and O–H groups in total. The van der Waals surface area contributed by atoms with Gasteiger partial charge in [0.2, 0.25) is 0 Å². The summed E-state index contributed by atoms with van der Waals surface area (Å²) in [5.41, 5.74) is 5.54. The quantitative estimate of drug-likeness (QED) is 0.499. The Morgan fingerprint density at radius 1 is 1.24 bits per heavy atom. The molecule has 2 atom stereocenters. The van der Waals surface area contributed by atoms with Gasteiger partial charge in [-0.15, -0.1) is 0 Å². The second kappa shape index (κ2) is 8.51. The molecule has 0 aromatic carbocycles. The Balaban J connectivity index is 4.53. The van der Waals surface area contributed by atoms with Crippen molar-refractivity contribution in [2.24, 2.45) is 11.1 Å². The van der Waals surface area contributed by atoms with E-state index in [2.05, 4.69) is 6.92 Å². The minimum Gasteiger partial charge on any atom is -0.466 e. The van der Waals surface area contributed by atoms with Gasteiger partial charge in [0.15, 0.2) is 0 Å². The third kappa shape index (κ3) is 4.66. The maximum Gasteiger partial charge on any atom is 0.313 e. The molecular formula is C14H29NO2. The largest absolute Gasteiger partial charge is 0.466 e. The molecule has 0 heterocycles. The molecule has 0 aromatic rings. The molecule has 0 aromatic heterocycles. The third-order valence-corrected chi connectivity index (χ3v) is 3.66. The van der Waals surface area contributed by atoms with Crippen LogP contribution in [0, 0.1) is 5.41 Å². The van der Waals surface area contributed by atoms with E-state index in [0.29, 0.717) is 6.61 Å². The van der Waals surface area contributed by atoms with Gasteiger partial charge in [0.05, 0.1) is 12.0 Å². The van der Waals surface area contributed by atoms with Crippen LogP contribution in [0.3, 0.4) is 0 Å². The molecule has 0 aliphatic heterocycles. The molecule has 102 valence electrons. The standard InChI is InChI=1S/C14H29NO2/c1-5-8-9-10-11-14(6-2,12(4)15)13(16)17-7-3/h12H,5-11,15H2,1-4H3. The Kier molecular flexibility index (Phi) is 8.23. The number of carbonyl (C=O) groups is 1. The molecule has 2 unspecified atom stereocenters. The van der Waals surface area contributed by atoms with Crippen LogP contribution in [0.25, 0.3) is 0 Å². The second-order valence-electron chi connectivity index (χ2n) is 4.83. The number of hydrogen-bond donors (Lipinski definition) is 1. The SMILES string of the molecule is CCCCCCC(CC)(C(=O)OCC)C(C)N. The topological polar surface area (TPSA) is 52.3 Å². The van der Waals surface area contributed by atoms with Crippen LogP contribution >= 0.6 is 0 Å². The average molecular weight is 243 g/mol. The number of esters is 1. The van der Waals surface area contributed by atoms with Gasteiger partial charge in [0, 0.05) is 6.04 Å². The number of hydrogen-bond acceptors (Lipinski definition) is 3. The van der Waals surface area contributed by atoms with Crippen LogP contribution in [0.15, 0.2) is 0 Å². The first kappa shape index (κ1) is 16.4. The highest BCUT2D eigenvalue weighted by Crippen LogP contribution is 2.33. The minimum absolute atomic E-state index is 0.117. The fourth-order valence-corrected chi connectivity index (χ4v) is 2.30. The highest BCUT2D eigenvalue weighted by molar-refractivity contribution is 5.77. The van der Waals surface area contributed by atoms with Crippen molar-refractivity contribution >= 4 is 5.97 Å². The van der Waals surface area contributed by atoms with Crippen molar-refractivity contribution in [2.45, 2.75) is 72.3 Å². The van der Waals surface area contributed by atoms with E-state index in [1.54, 1.807) is 0 Å². The number of rotatable bonds is 9. The monoisotopic (exact) mass is 243 g/mol. The minimum atomic E-state index is -0.482. The van der Waals surface area contributed by atoms with E-state index in [1.807, 2.05) is 20.8 Å². The first-order valence-corrected chi connectivity index (χ1v) is 6.97. The number of nitrogens with two attached hydrogens (primary N) is 1. The highest BCUT2D eigenvalue weighted by atomic mass is 16.5. The maximum atomic E-state index is 12.1. The lowest BCUT2D eigenvalue weighted by Gasteiger charge is -2.34. The summed E-state index contributed by atoms with van der Waals surface area (Å²) in [4.78, 5) is 12.1. The molecule has 0 amide bonds. The molecule has 0 aliphatic carbocycles. The first-order chi connectivity index (χ1) is 8.05. The van der Waals surface area contributed by atoms with Crippen molar-refractivity contribution in [2.75, 3.05) is 6.61 Å². The molecule has 0 saturated heterocycles. The van der Waals surface area contributed by atoms with E-state index in [-0.39, 0.29) is 12.0 Å². The third-order valence-electron chi connectivity index (χ3n) is 3.66. The predicted molar refractivity (Wildman–Crippen MR) is 71.8 cm³/mol. The zero-order valence-corrected chi connectivity index (χ0v) is 11.9. The van der Waals surface area contributed by atoms with Gasteiger partial charge in [-0.2, -0.15) is 0 Å². The molecule has 0 radical (unpaired) electrons. The summed E-state index contributed by atoms with van der Waals surface area (Å²) in [6, 6.07) is -0.145. The zero-order valence-electron chi connectivity index (χ0n) is 11.9. The first-order valence-electron chi connectivity index (χ1n) is 6.97. The van der Waals surface area contributed by atoms with E-state index in [1.165, 1.54) is 19.3 Å². The summed E-state index contributed by atoms with van der Waals surface area (Å²) in [6.45, 7) is 8.41. The van der Waals surface area contributed by atoms with Gasteiger partial charge in [-0.05, 0) is 26.7 Å². The van der Waals surface area contributed by atoms with Gasteiger partial charge in [0.25, 0.3) is 0 Å². The highest BCUT2D eigenvalue weighted by Gasteiger charge is 2.41. The van der Waals surface area contributed by atoms with Crippen LogP contribution in [0.4, 0.5) is 0 Å². The van der Waals surface area contributed by atoms with Gasteiger partial charge in [0.1, 0.15) is 0 Å². The summed E-state index contributed by atoms with van der Waals surface area (Å²) in [6.07, 6.45) is 6.26. The molecule has 0 aliphatic rings. The predicted octanol–water partition coefficient (Wildman–Crippen LogP) is 3.26. The van der Waals surface area contributed by atoms with Gasteiger partial charge in [-0.3, -0.25) is 4.79 Å². The molecule has 3 nitrogen and oxygen atoms in total. The lowest BCUT2D eigenvalue weighted by Crippen LogP contribution is -2.46. The summed E-state index contributed by atoms with van der Waals surface area (Å²) in [5.74, 6) is -0.117. The Hall–Kier alpha value is -0.570. The van der Waals surface area contributed by atoms with E-state index in [4.69, 9.17) is 10.5 Å². The summed E-state index contributed by atoms with van der Waals surface area (Å²) in [7, 11) is 0. The smallest absolute Gasteiger partial charge is 0.313 e. The zero-order chi connectivity index (χ0) is 13.3. The number of carbonyl (C=O) groups excluding carboxylic acids is 1. The van der Waals surface area contributed by atoms with Crippen LogP contribution in [0.5, 0.6) is 0 Å². The van der Waals surface area contributed by atoms with E-state index in [9.17, 15) is 4.79 Å². The summed E-state index contributed by atoms with van der Waals surface area (Å²) >= 11 is 0. The van der Waals surface area contributed by atoms with Gasteiger partial charge < -0.3 is 10.5 Å². The van der Waals surface area contributed by atoms with Crippen molar-refractivity contribution in [1.29, 1.82) is 0 Å². The van der Waals surface area contributed by atoms with Gasteiger partial charge in [-0.25, -0.2) is 0 Å². The van der Waals surface area contributed by atoms with Crippen LogP contribution in [0.2, 0.25) is 0 Å². The normalized spacial score (nSPS) is 16.3. The Morgan fingerprint density at radius 2 is 1.88 bits per heavy atom. The molecule has 0 spiro atoms. The molecular weight excluding hydrogens is 214 g/mol. The molecule has 0 fully saturated rings. The van der Waals surface area contributed by atoms with E-state index < -0.39 is 5.41 Å². The molecule has 17 heavy (non-hydrogen) atoms. The van der Waals surface area contributed by atoms with E-state index in [0.717, 1.165) is 19.3 Å². The van der Waals surface area contributed by atoms with Crippen molar-refractivity contribution in [3.63, 3.8) is 0 Å². The van der Waals surface area contributed by atoms with Crippen molar-refractivity contribution < 1.29 is 9.53 Å².